The predicted octanol–water partition coefficient (Wildman–Crippen LogP) is 2.71. The third-order valence-electron chi connectivity index (χ3n) is 4.84. The number of nitro groups is 1. The first kappa shape index (κ1) is 21.7. The summed E-state index contributed by atoms with van der Waals surface area (Å²) in [7, 11) is 1.31. The van der Waals surface area contributed by atoms with E-state index in [2.05, 4.69) is 15.5 Å². The van der Waals surface area contributed by atoms with E-state index in [1.807, 2.05) is 0 Å². The zero-order valence-electron chi connectivity index (χ0n) is 17.6. The average Bonchev–Trinajstić information content (AvgIpc) is 3.31. The second kappa shape index (κ2) is 8.78. The monoisotopic (exact) mass is 426 g/mol. The maximum atomic E-state index is 12.7. The molecule has 0 saturated carbocycles. The molecule has 0 aliphatic heterocycles. The van der Waals surface area contributed by atoms with E-state index in [-0.39, 0.29) is 17.9 Å². The fourth-order valence-corrected chi connectivity index (χ4v) is 3.20. The summed E-state index contributed by atoms with van der Waals surface area (Å²) in [6.45, 7) is 5.91. The molecule has 0 bridgehead atoms. The van der Waals surface area contributed by atoms with Crippen molar-refractivity contribution < 1.29 is 19.2 Å². The lowest BCUT2D eigenvalue weighted by molar-refractivity contribution is -0.385. The fraction of sp³-hybridized carbons (Fsp3) is 0.300. The summed E-state index contributed by atoms with van der Waals surface area (Å²) in [4.78, 5) is 35.4. The van der Waals surface area contributed by atoms with Gasteiger partial charge in [0.25, 0.3) is 5.91 Å². The summed E-state index contributed by atoms with van der Waals surface area (Å²) >= 11 is 0. The molecule has 1 aromatic carbocycles. The molecule has 0 atom stereocenters. The minimum atomic E-state index is -0.695. The summed E-state index contributed by atoms with van der Waals surface area (Å²) in [5, 5.41) is 22.4. The molecule has 0 radical (unpaired) electrons. The highest BCUT2D eigenvalue weighted by molar-refractivity contribution is 6.06. The van der Waals surface area contributed by atoms with Gasteiger partial charge in [0.2, 0.25) is 5.69 Å². The van der Waals surface area contributed by atoms with Crippen molar-refractivity contribution in [1.29, 1.82) is 0 Å². The van der Waals surface area contributed by atoms with E-state index in [0.717, 1.165) is 0 Å². The number of hydrogen-bond acceptors (Lipinski definition) is 7. The molecule has 0 aliphatic rings. The van der Waals surface area contributed by atoms with Crippen molar-refractivity contribution in [3.8, 4) is 0 Å². The van der Waals surface area contributed by atoms with Crippen LogP contribution in [0.25, 0.3) is 0 Å². The number of esters is 1. The van der Waals surface area contributed by atoms with Crippen molar-refractivity contribution in [3.63, 3.8) is 0 Å². The minimum absolute atomic E-state index is 0.269. The van der Waals surface area contributed by atoms with E-state index >= 15 is 0 Å². The molecular formula is C20H22N6O5. The van der Waals surface area contributed by atoms with Gasteiger partial charge in [0.05, 0.1) is 41.2 Å². The lowest BCUT2D eigenvalue weighted by Crippen LogP contribution is -2.16. The normalized spacial score (nSPS) is 10.7. The molecule has 0 spiro atoms. The number of carbonyl (C=O) groups excluding carboxylic acids is 2. The van der Waals surface area contributed by atoms with E-state index in [0.29, 0.717) is 34.7 Å². The van der Waals surface area contributed by atoms with E-state index < -0.39 is 16.8 Å². The summed E-state index contributed by atoms with van der Waals surface area (Å²) < 4.78 is 7.81. The van der Waals surface area contributed by atoms with Gasteiger partial charge in [0, 0.05) is 6.54 Å². The quantitative estimate of drug-likeness (QED) is 0.349. The Morgan fingerprint density at radius 3 is 2.58 bits per heavy atom. The number of amides is 1. The zero-order valence-corrected chi connectivity index (χ0v) is 17.6. The molecule has 0 saturated heterocycles. The molecule has 2 heterocycles. The van der Waals surface area contributed by atoms with Crippen molar-refractivity contribution in [1.82, 2.24) is 19.6 Å². The Kier molecular flexibility index (Phi) is 6.14. The van der Waals surface area contributed by atoms with Gasteiger partial charge < -0.3 is 10.1 Å². The molecule has 11 nitrogen and oxygen atoms in total. The number of nitrogens with one attached hydrogen (secondary N) is 1. The number of benzene rings is 1. The maximum Gasteiger partial charge on any atom is 0.338 e. The summed E-state index contributed by atoms with van der Waals surface area (Å²) in [6, 6.07) is 7.00. The van der Waals surface area contributed by atoms with Crippen LogP contribution in [0.15, 0.2) is 30.5 Å². The van der Waals surface area contributed by atoms with Gasteiger partial charge >= 0.3 is 11.7 Å². The number of methoxy groups -OCH3 is 1. The molecule has 0 unspecified atom stereocenters. The van der Waals surface area contributed by atoms with Gasteiger partial charge in [-0.2, -0.15) is 10.2 Å². The minimum Gasteiger partial charge on any atom is -0.465 e. The Balaban J connectivity index is 1.90. The Hall–Kier alpha value is -4.02. The van der Waals surface area contributed by atoms with Crippen molar-refractivity contribution in [2.24, 2.45) is 0 Å². The molecule has 31 heavy (non-hydrogen) atoms. The van der Waals surface area contributed by atoms with Crippen LogP contribution in [-0.2, 0) is 17.8 Å². The Labute approximate surface area is 177 Å². The second-order valence-corrected chi connectivity index (χ2v) is 6.78. The van der Waals surface area contributed by atoms with Crippen molar-refractivity contribution in [2.45, 2.75) is 33.9 Å². The van der Waals surface area contributed by atoms with Gasteiger partial charge in [-0.1, -0.05) is 18.2 Å². The lowest BCUT2D eigenvalue weighted by atomic mass is 10.1. The molecule has 162 valence electrons. The van der Waals surface area contributed by atoms with Gasteiger partial charge in [0.1, 0.15) is 6.20 Å². The van der Waals surface area contributed by atoms with Gasteiger partial charge in [-0.15, -0.1) is 0 Å². The van der Waals surface area contributed by atoms with Gasteiger partial charge in [-0.05, 0) is 32.4 Å². The first-order valence-corrected chi connectivity index (χ1v) is 9.50. The third kappa shape index (κ3) is 4.29. The number of aryl methyl sites for hydroxylation is 2. The van der Waals surface area contributed by atoms with Gasteiger partial charge in [0.15, 0.2) is 0 Å². The van der Waals surface area contributed by atoms with E-state index in [1.54, 1.807) is 49.7 Å². The molecule has 1 amide bonds. The number of aromatic nitrogens is 4. The zero-order chi connectivity index (χ0) is 22.7. The topological polar surface area (TPSA) is 134 Å². The SMILES string of the molecule is CCn1cc([N+](=O)[O-])c(C(=O)Nc2c(C)nn(Cc3ccccc3C(=O)OC)c2C)n1. The number of anilines is 1. The molecule has 2 aromatic heterocycles. The van der Waals surface area contributed by atoms with E-state index in [9.17, 15) is 19.7 Å². The first-order chi connectivity index (χ1) is 14.8. The van der Waals surface area contributed by atoms with Crippen LogP contribution in [0.4, 0.5) is 11.4 Å². The first-order valence-electron chi connectivity index (χ1n) is 9.50. The molecule has 1 N–H and O–H groups in total. The Morgan fingerprint density at radius 2 is 1.94 bits per heavy atom. The van der Waals surface area contributed by atoms with Crippen molar-refractivity contribution in [2.75, 3.05) is 12.4 Å². The highest BCUT2D eigenvalue weighted by atomic mass is 16.6. The van der Waals surface area contributed by atoms with Crippen LogP contribution in [-0.4, -0.2) is 43.5 Å². The predicted molar refractivity (Wildman–Crippen MR) is 111 cm³/mol. The molecule has 0 aliphatic carbocycles. The average molecular weight is 426 g/mol. The fourth-order valence-electron chi connectivity index (χ4n) is 3.20. The van der Waals surface area contributed by atoms with Gasteiger partial charge in [-0.25, -0.2) is 4.79 Å². The number of ether oxygens (including phenoxy) is 1. The van der Waals surface area contributed by atoms with Crippen LogP contribution < -0.4 is 5.32 Å². The number of rotatable bonds is 7. The third-order valence-corrected chi connectivity index (χ3v) is 4.84. The molecule has 3 aromatic rings. The van der Waals surface area contributed by atoms with Crippen molar-refractivity contribution in [3.05, 3.63) is 68.8 Å². The van der Waals surface area contributed by atoms with Crippen molar-refractivity contribution >= 4 is 23.3 Å². The number of nitrogens with zero attached hydrogens (tertiary/aromatic N) is 5. The van der Waals surface area contributed by atoms with E-state index in [1.165, 1.54) is 18.0 Å². The molecule has 0 fully saturated rings. The highest BCUT2D eigenvalue weighted by Gasteiger charge is 2.27. The molecule has 3 rings (SSSR count). The Morgan fingerprint density at radius 1 is 1.23 bits per heavy atom. The summed E-state index contributed by atoms with van der Waals surface area (Å²) in [5.74, 6) is -1.15. The van der Waals surface area contributed by atoms with Gasteiger partial charge in [-0.3, -0.25) is 24.3 Å². The lowest BCUT2D eigenvalue weighted by Gasteiger charge is -2.10. The van der Waals surface area contributed by atoms with Crippen LogP contribution in [0, 0.1) is 24.0 Å². The van der Waals surface area contributed by atoms with Crippen LogP contribution in [0.3, 0.4) is 0 Å². The summed E-state index contributed by atoms with van der Waals surface area (Å²) in [5.41, 5.74) is 2.07. The highest BCUT2D eigenvalue weighted by Crippen LogP contribution is 2.24. The number of hydrogen-bond donors (Lipinski definition) is 1. The second-order valence-electron chi connectivity index (χ2n) is 6.78. The largest absolute Gasteiger partial charge is 0.465 e. The van der Waals surface area contributed by atoms with Crippen LogP contribution in [0.5, 0.6) is 0 Å². The van der Waals surface area contributed by atoms with E-state index in [4.69, 9.17) is 4.74 Å². The Bertz CT molecular complexity index is 1160. The van der Waals surface area contributed by atoms with Crippen LogP contribution >= 0.6 is 0 Å². The molecule has 11 heteroatoms. The number of carbonyl (C=O) groups is 2. The maximum absolute atomic E-state index is 12.7. The standard InChI is InChI=1S/C20H22N6O5/c1-5-24-11-16(26(29)30)18(23-24)19(27)21-17-12(2)22-25(13(17)3)10-14-8-6-7-9-15(14)20(28)31-4/h6-9,11H,5,10H2,1-4H3,(H,21,27). The summed E-state index contributed by atoms with van der Waals surface area (Å²) in [6.07, 6.45) is 1.22. The smallest absolute Gasteiger partial charge is 0.338 e. The molecular weight excluding hydrogens is 404 g/mol. The van der Waals surface area contributed by atoms with Crippen LogP contribution in [0.2, 0.25) is 0 Å². The van der Waals surface area contributed by atoms with Crippen LogP contribution in [0.1, 0.15) is 44.7 Å².